The number of carbonyl (C=O) groups excluding carboxylic acids is 1. The number of nitrogens with zero attached hydrogens (tertiary/aromatic N) is 1. The van der Waals surface area contributed by atoms with E-state index in [-0.39, 0.29) is 0 Å². The number of oxime groups is 1. The van der Waals surface area contributed by atoms with Crippen LogP contribution in [0.3, 0.4) is 0 Å². The van der Waals surface area contributed by atoms with Gasteiger partial charge in [-0.1, -0.05) is 41.6 Å². The van der Waals surface area contributed by atoms with Crippen molar-refractivity contribution in [3.63, 3.8) is 0 Å². The fourth-order valence-corrected chi connectivity index (χ4v) is 2.58. The molecule has 3 rings (SSSR count). The molecule has 1 N–H and O–H groups in total. The molecule has 0 saturated carbocycles. The van der Waals surface area contributed by atoms with E-state index in [2.05, 4.69) is 5.16 Å². The summed E-state index contributed by atoms with van der Waals surface area (Å²) in [7, 11) is 0. The van der Waals surface area contributed by atoms with Crippen LogP contribution in [0.15, 0.2) is 65.8 Å². The number of benzene rings is 3. The largest absolute Gasteiger partial charge is 0.490 e. The molecule has 0 saturated heterocycles. The van der Waals surface area contributed by atoms with E-state index in [9.17, 15) is 4.79 Å². The summed E-state index contributed by atoms with van der Waals surface area (Å²) in [6.45, 7) is 2.25. The van der Waals surface area contributed by atoms with Crippen LogP contribution in [0.1, 0.15) is 22.8 Å². The first kappa shape index (κ1) is 16.5. The van der Waals surface area contributed by atoms with Crippen LogP contribution in [-0.4, -0.2) is 24.0 Å². The first-order valence-electron chi connectivity index (χ1n) is 7.87. The predicted octanol–water partition coefficient (Wildman–Crippen LogP) is 4.27. The summed E-state index contributed by atoms with van der Waals surface area (Å²) < 4.78 is 11.1. The van der Waals surface area contributed by atoms with E-state index in [1.807, 2.05) is 43.3 Å². The Morgan fingerprint density at radius 3 is 2.68 bits per heavy atom. The monoisotopic (exact) mass is 335 g/mol. The highest BCUT2D eigenvalue weighted by atomic mass is 16.6. The normalized spacial score (nSPS) is 10.9. The third-order valence-corrected chi connectivity index (χ3v) is 3.69. The minimum absolute atomic E-state index is 0.315. The Kier molecular flexibility index (Phi) is 4.95. The molecule has 0 bridgehead atoms. The molecule has 5 nitrogen and oxygen atoms in total. The van der Waals surface area contributed by atoms with Crippen molar-refractivity contribution in [2.45, 2.75) is 6.92 Å². The molecule has 0 atom stereocenters. The summed E-state index contributed by atoms with van der Waals surface area (Å²) in [4.78, 5) is 12.7. The van der Waals surface area contributed by atoms with Gasteiger partial charge in [0.2, 0.25) is 0 Å². The quantitative estimate of drug-likeness (QED) is 0.249. The summed E-state index contributed by atoms with van der Waals surface area (Å²) in [5.41, 5.74) is 1.12. The molecule has 25 heavy (non-hydrogen) atoms. The lowest BCUT2D eigenvalue weighted by atomic mass is 10.0. The van der Waals surface area contributed by atoms with Crippen LogP contribution in [0.5, 0.6) is 11.5 Å². The maximum absolute atomic E-state index is 12.7. The molecular weight excluding hydrogens is 318 g/mol. The number of esters is 1. The van der Waals surface area contributed by atoms with E-state index in [0.29, 0.717) is 29.2 Å². The lowest BCUT2D eigenvalue weighted by Gasteiger charge is -2.12. The molecule has 0 radical (unpaired) electrons. The maximum Gasteiger partial charge on any atom is 0.344 e. The highest BCUT2D eigenvalue weighted by Gasteiger charge is 2.15. The molecule has 126 valence electrons. The zero-order valence-corrected chi connectivity index (χ0v) is 13.7. The molecule has 0 heterocycles. The highest BCUT2D eigenvalue weighted by molar-refractivity contribution is 6.05. The van der Waals surface area contributed by atoms with Crippen molar-refractivity contribution in [2.75, 3.05) is 6.61 Å². The van der Waals surface area contributed by atoms with Gasteiger partial charge in [-0.25, -0.2) is 4.79 Å². The van der Waals surface area contributed by atoms with Crippen molar-refractivity contribution in [2.24, 2.45) is 5.16 Å². The van der Waals surface area contributed by atoms with Crippen molar-refractivity contribution in [3.8, 4) is 11.5 Å². The Bertz CT molecular complexity index is 929. The number of hydrogen-bond acceptors (Lipinski definition) is 5. The SMILES string of the molecule is CCOc1cc(/C=N/O)ccc1OC(=O)c1cccc2ccccc12. The van der Waals surface area contributed by atoms with E-state index in [4.69, 9.17) is 14.7 Å². The van der Waals surface area contributed by atoms with E-state index >= 15 is 0 Å². The maximum atomic E-state index is 12.7. The van der Waals surface area contributed by atoms with Crippen LogP contribution in [0.2, 0.25) is 0 Å². The fraction of sp³-hybridized carbons (Fsp3) is 0.100. The van der Waals surface area contributed by atoms with Gasteiger partial charge in [0, 0.05) is 5.56 Å². The summed E-state index contributed by atoms with van der Waals surface area (Å²) in [6, 6.07) is 18.1. The van der Waals surface area contributed by atoms with Crippen LogP contribution in [-0.2, 0) is 0 Å². The van der Waals surface area contributed by atoms with Crippen LogP contribution in [0, 0.1) is 0 Å². The molecular formula is C20H17NO4. The minimum Gasteiger partial charge on any atom is -0.490 e. The van der Waals surface area contributed by atoms with Crippen molar-refractivity contribution in [1.29, 1.82) is 0 Å². The standard InChI is InChI=1S/C20H17NO4/c1-2-24-19-12-14(13-21-23)10-11-18(19)25-20(22)17-9-5-7-15-6-3-4-8-16(15)17/h3-13,23H,2H2,1H3/b21-13+. The van der Waals surface area contributed by atoms with Crippen LogP contribution < -0.4 is 9.47 Å². The second-order valence-corrected chi connectivity index (χ2v) is 5.30. The Morgan fingerprint density at radius 2 is 1.88 bits per heavy atom. The summed E-state index contributed by atoms with van der Waals surface area (Å²) >= 11 is 0. The third-order valence-electron chi connectivity index (χ3n) is 3.69. The van der Waals surface area contributed by atoms with Gasteiger partial charge in [-0.05, 0) is 42.0 Å². The number of carbonyl (C=O) groups is 1. The van der Waals surface area contributed by atoms with Crippen molar-refractivity contribution in [3.05, 3.63) is 71.8 Å². The van der Waals surface area contributed by atoms with Gasteiger partial charge in [-0.3, -0.25) is 0 Å². The Morgan fingerprint density at radius 1 is 1.08 bits per heavy atom. The van der Waals surface area contributed by atoms with Gasteiger partial charge < -0.3 is 14.7 Å². The Balaban J connectivity index is 1.94. The van der Waals surface area contributed by atoms with E-state index in [0.717, 1.165) is 10.8 Å². The van der Waals surface area contributed by atoms with Crippen molar-refractivity contribution in [1.82, 2.24) is 0 Å². The number of fused-ring (bicyclic) bond motifs is 1. The number of ether oxygens (including phenoxy) is 2. The first-order chi connectivity index (χ1) is 12.2. The molecule has 3 aromatic carbocycles. The topological polar surface area (TPSA) is 68.1 Å². The fourth-order valence-electron chi connectivity index (χ4n) is 2.58. The second kappa shape index (κ2) is 7.49. The molecule has 0 amide bonds. The molecule has 0 aliphatic carbocycles. The van der Waals surface area contributed by atoms with Crippen LogP contribution in [0.4, 0.5) is 0 Å². The van der Waals surface area contributed by atoms with Crippen LogP contribution in [0.25, 0.3) is 10.8 Å². The minimum atomic E-state index is -0.457. The number of hydrogen-bond donors (Lipinski definition) is 1. The third kappa shape index (κ3) is 3.61. The lowest BCUT2D eigenvalue weighted by Crippen LogP contribution is -2.10. The molecule has 0 fully saturated rings. The first-order valence-corrected chi connectivity index (χ1v) is 7.87. The lowest BCUT2D eigenvalue weighted by molar-refractivity contribution is 0.0730. The Hall–Kier alpha value is -3.34. The van der Waals surface area contributed by atoms with Gasteiger partial charge in [0.25, 0.3) is 0 Å². The van der Waals surface area contributed by atoms with Crippen molar-refractivity contribution >= 4 is 23.0 Å². The van der Waals surface area contributed by atoms with Gasteiger partial charge in [-0.15, -0.1) is 0 Å². The van der Waals surface area contributed by atoms with Gasteiger partial charge in [0.1, 0.15) is 0 Å². The summed E-state index contributed by atoms with van der Waals surface area (Å²) in [5.74, 6) is 0.268. The van der Waals surface area contributed by atoms with Gasteiger partial charge in [0.15, 0.2) is 11.5 Å². The highest BCUT2D eigenvalue weighted by Crippen LogP contribution is 2.29. The van der Waals surface area contributed by atoms with Crippen LogP contribution >= 0.6 is 0 Å². The smallest absolute Gasteiger partial charge is 0.344 e. The molecule has 0 spiro atoms. The molecule has 0 aromatic heterocycles. The zero-order chi connectivity index (χ0) is 17.6. The zero-order valence-electron chi connectivity index (χ0n) is 13.7. The molecule has 0 unspecified atom stereocenters. The van der Waals surface area contributed by atoms with E-state index < -0.39 is 5.97 Å². The number of rotatable bonds is 5. The molecule has 3 aromatic rings. The molecule has 0 aliphatic heterocycles. The van der Waals surface area contributed by atoms with E-state index in [1.165, 1.54) is 6.21 Å². The summed E-state index contributed by atoms with van der Waals surface area (Å²) in [5, 5.41) is 13.4. The predicted molar refractivity (Wildman–Crippen MR) is 95.9 cm³/mol. The Labute approximate surface area is 145 Å². The average Bonchev–Trinajstić information content (AvgIpc) is 2.64. The van der Waals surface area contributed by atoms with Gasteiger partial charge in [0.05, 0.1) is 18.4 Å². The van der Waals surface area contributed by atoms with Crippen molar-refractivity contribution < 1.29 is 19.5 Å². The molecule has 0 aliphatic rings. The summed E-state index contributed by atoms with van der Waals surface area (Å²) in [6.07, 6.45) is 1.28. The molecule has 5 heteroatoms. The van der Waals surface area contributed by atoms with Gasteiger partial charge >= 0.3 is 5.97 Å². The van der Waals surface area contributed by atoms with Gasteiger partial charge in [-0.2, -0.15) is 0 Å². The second-order valence-electron chi connectivity index (χ2n) is 5.30. The average molecular weight is 335 g/mol. The van der Waals surface area contributed by atoms with E-state index in [1.54, 1.807) is 24.3 Å².